The summed E-state index contributed by atoms with van der Waals surface area (Å²) in [6, 6.07) is 0.348. The summed E-state index contributed by atoms with van der Waals surface area (Å²) in [4.78, 5) is 2.39. The van der Waals surface area contributed by atoms with Gasteiger partial charge in [-0.1, -0.05) is 13.8 Å². The molecule has 0 saturated carbocycles. The molecule has 0 amide bonds. The highest BCUT2D eigenvalue weighted by atomic mass is 15.1. The second-order valence-corrected chi connectivity index (χ2v) is 2.79. The molecule has 0 radical (unpaired) electrons. The van der Waals surface area contributed by atoms with Gasteiger partial charge in [0.25, 0.3) is 0 Å². The summed E-state index contributed by atoms with van der Waals surface area (Å²) in [7, 11) is 0. The van der Waals surface area contributed by atoms with Crippen LogP contribution in [0.25, 0.3) is 0 Å². The van der Waals surface area contributed by atoms with Crippen LogP contribution >= 0.6 is 0 Å². The lowest BCUT2D eigenvalue weighted by atomic mass is 10.2. The van der Waals surface area contributed by atoms with E-state index in [2.05, 4.69) is 25.7 Å². The van der Waals surface area contributed by atoms with Crippen molar-refractivity contribution in [1.82, 2.24) is 4.90 Å². The third-order valence-electron chi connectivity index (χ3n) is 1.80. The predicted molar refractivity (Wildman–Crippen MR) is 46.1 cm³/mol. The maximum atomic E-state index is 5.62. The van der Waals surface area contributed by atoms with Gasteiger partial charge in [0.15, 0.2) is 0 Å². The minimum atomic E-state index is 0.348. The normalized spacial score (nSPS) is 14.1. The zero-order chi connectivity index (χ0) is 7.98. The van der Waals surface area contributed by atoms with Gasteiger partial charge in [0.1, 0.15) is 0 Å². The Kier molecular flexibility index (Phi) is 5.64. The van der Waals surface area contributed by atoms with Gasteiger partial charge in [-0.05, 0) is 33.0 Å². The van der Waals surface area contributed by atoms with Crippen molar-refractivity contribution in [3.63, 3.8) is 0 Å². The molecule has 0 aromatic rings. The molecule has 0 heterocycles. The van der Waals surface area contributed by atoms with Crippen LogP contribution in [0.4, 0.5) is 0 Å². The molecule has 0 rings (SSSR count). The third-order valence-corrected chi connectivity index (χ3v) is 1.80. The number of nitrogens with two attached hydrogens (primary N) is 1. The zero-order valence-electron chi connectivity index (χ0n) is 7.43. The predicted octanol–water partition coefficient (Wildman–Crippen LogP) is 1.07. The van der Waals surface area contributed by atoms with Gasteiger partial charge < -0.3 is 10.6 Å². The lowest BCUT2D eigenvalue weighted by molar-refractivity contribution is 0.292. The Hall–Kier alpha value is -0.0800. The Bertz CT molecular complexity index is 67.7. The molecular weight excluding hydrogens is 124 g/mol. The first-order chi connectivity index (χ1) is 4.70. The summed E-state index contributed by atoms with van der Waals surface area (Å²) < 4.78 is 0. The van der Waals surface area contributed by atoms with Gasteiger partial charge in [0.2, 0.25) is 0 Å². The Labute approximate surface area is 64.4 Å². The number of hydrogen-bond donors (Lipinski definition) is 1. The smallest absolute Gasteiger partial charge is 0.00226 e. The SMILES string of the molecule is CCN(CC)CC[C@@H](C)N. The number of nitrogens with zero attached hydrogens (tertiary/aromatic N) is 1. The largest absolute Gasteiger partial charge is 0.328 e. The zero-order valence-corrected chi connectivity index (χ0v) is 7.43. The van der Waals surface area contributed by atoms with E-state index in [4.69, 9.17) is 5.73 Å². The van der Waals surface area contributed by atoms with Gasteiger partial charge in [-0.15, -0.1) is 0 Å². The van der Waals surface area contributed by atoms with Gasteiger partial charge in [-0.3, -0.25) is 0 Å². The van der Waals surface area contributed by atoms with Crippen LogP contribution in [0, 0.1) is 0 Å². The van der Waals surface area contributed by atoms with Gasteiger partial charge >= 0.3 is 0 Å². The van der Waals surface area contributed by atoms with E-state index >= 15 is 0 Å². The molecular formula is C8H20N2. The Morgan fingerprint density at radius 1 is 1.30 bits per heavy atom. The molecule has 0 aliphatic heterocycles. The topological polar surface area (TPSA) is 29.3 Å². The Morgan fingerprint density at radius 3 is 2.10 bits per heavy atom. The van der Waals surface area contributed by atoms with E-state index in [1.165, 1.54) is 0 Å². The third kappa shape index (κ3) is 4.77. The van der Waals surface area contributed by atoms with Gasteiger partial charge in [0.05, 0.1) is 0 Å². The molecule has 0 aliphatic carbocycles. The lowest BCUT2D eigenvalue weighted by Gasteiger charge is -2.18. The first-order valence-corrected chi connectivity index (χ1v) is 4.18. The van der Waals surface area contributed by atoms with Crippen LogP contribution in [0.1, 0.15) is 27.2 Å². The van der Waals surface area contributed by atoms with Crippen molar-refractivity contribution >= 4 is 0 Å². The number of hydrogen-bond acceptors (Lipinski definition) is 2. The van der Waals surface area contributed by atoms with E-state index in [0.717, 1.165) is 26.1 Å². The molecule has 0 fully saturated rings. The van der Waals surface area contributed by atoms with Gasteiger partial charge in [-0.25, -0.2) is 0 Å². The number of rotatable bonds is 5. The van der Waals surface area contributed by atoms with Crippen molar-refractivity contribution in [1.29, 1.82) is 0 Å². The van der Waals surface area contributed by atoms with E-state index in [0.29, 0.717) is 6.04 Å². The monoisotopic (exact) mass is 144 g/mol. The van der Waals surface area contributed by atoms with Crippen molar-refractivity contribution in [2.24, 2.45) is 5.73 Å². The van der Waals surface area contributed by atoms with E-state index in [-0.39, 0.29) is 0 Å². The highest BCUT2D eigenvalue weighted by Gasteiger charge is 1.99. The van der Waals surface area contributed by atoms with E-state index in [1.807, 2.05) is 0 Å². The standard InChI is InChI=1S/C8H20N2/c1-4-10(5-2)7-6-8(3)9/h8H,4-7,9H2,1-3H3/t8-/m1/s1. The molecule has 2 heteroatoms. The molecule has 2 nitrogen and oxygen atoms in total. The second kappa shape index (κ2) is 5.69. The minimum Gasteiger partial charge on any atom is -0.328 e. The lowest BCUT2D eigenvalue weighted by Crippen LogP contribution is -2.28. The van der Waals surface area contributed by atoms with Gasteiger partial charge in [-0.2, -0.15) is 0 Å². The van der Waals surface area contributed by atoms with Crippen LogP contribution in [-0.4, -0.2) is 30.6 Å². The highest BCUT2D eigenvalue weighted by Crippen LogP contribution is 1.92. The first-order valence-electron chi connectivity index (χ1n) is 4.18. The van der Waals surface area contributed by atoms with Crippen LogP contribution in [-0.2, 0) is 0 Å². The summed E-state index contributed by atoms with van der Waals surface area (Å²) in [6.45, 7) is 9.86. The summed E-state index contributed by atoms with van der Waals surface area (Å²) in [5.41, 5.74) is 5.62. The molecule has 0 bridgehead atoms. The minimum absolute atomic E-state index is 0.348. The molecule has 2 N–H and O–H groups in total. The van der Waals surface area contributed by atoms with E-state index in [9.17, 15) is 0 Å². The molecule has 1 atom stereocenters. The Balaban J connectivity index is 3.26. The summed E-state index contributed by atoms with van der Waals surface area (Å²) >= 11 is 0. The fraction of sp³-hybridized carbons (Fsp3) is 1.00. The molecule has 0 saturated heterocycles. The van der Waals surface area contributed by atoms with Crippen molar-refractivity contribution in [3.05, 3.63) is 0 Å². The van der Waals surface area contributed by atoms with Crippen LogP contribution in [0.5, 0.6) is 0 Å². The molecule has 0 aliphatic rings. The molecule has 62 valence electrons. The Morgan fingerprint density at radius 2 is 1.80 bits per heavy atom. The van der Waals surface area contributed by atoms with Crippen molar-refractivity contribution in [2.75, 3.05) is 19.6 Å². The fourth-order valence-electron chi connectivity index (χ4n) is 0.926. The fourth-order valence-corrected chi connectivity index (χ4v) is 0.926. The molecule has 0 unspecified atom stereocenters. The highest BCUT2D eigenvalue weighted by molar-refractivity contribution is 4.58. The van der Waals surface area contributed by atoms with Gasteiger partial charge in [0, 0.05) is 6.04 Å². The first kappa shape index (κ1) is 9.92. The van der Waals surface area contributed by atoms with E-state index < -0.39 is 0 Å². The molecule has 10 heavy (non-hydrogen) atoms. The van der Waals surface area contributed by atoms with Crippen molar-refractivity contribution in [3.8, 4) is 0 Å². The maximum absolute atomic E-state index is 5.62. The van der Waals surface area contributed by atoms with Crippen molar-refractivity contribution in [2.45, 2.75) is 33.2 Å². The summed E-state index contributed by atoms with van der Waals surface area (Å²) in [6.07, 6.45) is 1.11. The second-order valence-electron chi connectivity index (χ2n) is 2.79. The van der Waals surface area contributed by atoms with Crippen molar-refractivity contribution < 1.29 is 0 Å². The molecule has 0 spiro atoms. The summed E-state index contributed by atoms with van der Waals surface area (Å²) in [5.74, 6) is 0. The maximum Gasteiger partial charge on any atom is 0.00226 e. The van der Waals surface area contributed by atoms with Crippen LogP contribution < -0.4 is 5.73 Å². The van der Waals surface area contributed by atoms with E-state index in [1.54, 1.807) is 0 Å². The average molecular weight is 144 g/mol. The van der Waals surface area contributed by atoms with Crippen LogP contribution in [0.2, 0.25) is 0 Å². The average Bonchev–Trinajstić information content (AvgIpc) is 1.90. The summed E-state index contributed by atoms with van der Waals surface area (Å²) in [5, 5.41) is 0. The quantitative estimate of drug-likeness (QED) is 0.625. The van der Waals surface area contributed by atoms with Crippen LogP contribution in [0.15, 0.2) is 0 Å². The molecule has 0 aromatic carbocycles. The molecule has 0 aromatic heterocycles. The van der Waals surface area contributed by atoms with Crippen LogP contribution in [0.3, 0.4) is 0 Å².